The van der Waals surface area contributed by atoms with Gasteiger partial charge in [0.2, 0.25) is 5.91 Å². The van der Waals surface area contributed by atoms with E-state index < -0.39 is 0 Å². The highest BCUT2D eigenvalue weighted by molar-refractivity contribution is 5.87. The van der Waals surface area contributed by atoms with E-state index in [1.165, 1.54) is 0 Å². The summed E-state index contributed by atoms with van der Waals surface area (Å²) in [7, 11) is 1.82. The third-order valence-electron chi connectivity index (χ3n) is 6.38. The summed E-state index contributed by atoms with van der Waals surface area (Å²) in [4.78, 5) is 31.7. The van der Waals surface area contributed by atoms with Gasteiger partial charge in [-0.1, -0.05) is 0 Å². The third-order valence-corrected chi connectivity index (χ3v) is 6.38. The van der Waals surface area contributed by atoms with E-state index in [-0.39, 0.29) is 12.5 Å². The molecule has 0 unspecified atom stereocenters. The molecular formula is C25H23N9O. The van der Waals surface area contributed by atoms with E-state index in [4.69, 9.17) is 0 Å². The van der Waals surface area contributed by atoms with Crippen molar-refractivity contribution in [1.82, 2.24) is 39.2 Å². The normalized spacial score (nSPS) is 13.7. The number of hydrogen-bond acceptors (Lipinski definition) is 7. The SMILES string of the molecule is Cc1c(-c2cc3cc(Nc4cc5n(n4)CC(=O)N(C)CC5)ncc3cn2)cncc1-n1ccnc1. The highest BCUT2D eigenvalue weighted by atomic mass is 16.2. The number of amides is 1. The molecule has 1 amide bonds. The van der Waals surface area contributed by atoms with Crippen molar-refractivity contribution in [1.29, 1.82) is 0 Å². The van der Waals surface area contributed by atoms with Crippen LogP contribution in [-0.2, 0) is 17.8 Å². The lowest BCUT2D eigenvalue weighted by Gasteiger charge is -2.12. The van der Waals surface area contributed by atoms with E-state index in [1.807, 2.05) is 54.6 Å². The molecule has 10 heteroatoms. The van der Waals surface area contributed by atoms with E-state index >= 15 is 0 Å². The summed E-state index contributed by atoms with van der Waals surface area (Å²) in [5, 5.41) is 9.79. The number of aromatic nitrogens is 7. The number of hydrogen-bond donors (Lipinski definition) is 1. The molecule has 0 radical (unpaired) electrons. The maximum absolute atomic E-state index is 12.2. The van der Waals surface area contributed by atoms with Crippen LogP contribution in [0.1, 0.15) is 11.3 Å². The Bertz CT molecular complexity index is 1560. The molecule has 5 aromatic rings. The van der Waals surface area contributed by atoms with Crippen LogP contribution in [0.25, 0.3) is 27.7 Å². The maximum Gasteiger partial charge on any atom is 0.244 e. The highest BCUT2D eigenvalue weighted by Crippen LogP contribution is 2.28. The van der Waals surface area contributed by atoms with Gasteiger partial charge in [0.25, 0.3) is 0 Å². The van der Waals surface area contributed by atoms with Crippen LogP contribution in [0.5, 0.6) is 0 Å². The Kier molecular flexibility index (Phi) is 4.98. The summed E-state index contributed by atoms with van der Waals surface area (Å²) in [6.45, 7) is 2.99. The van der Waals surface area contributed by atoms with Crippen molar-refractivity contribution in [2.75, 3.05) is 18.9 Å². The third kappa shape index (κ3) is 3.88. The summed E-state index contributed by atoms with van der Waals surface area (Å²) in [6.07, 6.45) is 13.4. The Morgan fingerprint density at radius 2 is 1.86 bits per heavy atom. The number of nitrogens with one attached hydrogen (secondary N) is 1. The molecular weight excluding hydrogens is 442 g/mol. The van der Waals surface area contributed by atoms with Gasteiger partial charge in [-0.3, -0.25) is 19.4 Å². The van der Waals surface area contributed by atoms with E-state index in [1.54, 1.807) is 28.3 Å². The minimum atomic E-state index is 0.0594. The largest absolute Gasteiger partial charge is 0.344 e. The molecule has 0 aromatic carbocycles. The van der Waals surface area contributed by atoms with E-state index in [2.05, 4.69) is 37.3 Å². The summed E-state index contributed by atoms with van der Waals surface area (Å²) < 4.78 is 3.71. The molecule has 6 rings (SSSR count). The van der Waals surface area contributed by atoms with Crippen molar-refractivity contribution < 1.29 is 4.79 Å². The second-order valence-electron chi connectivity index (χ2n) is 8.66. The van der Waals surface area contributed by atoms with Crippen molar-refractivity contribution in [3.63, 3.8) is 0 Å². The zero-order valence-corrected chi connectivity index (χ0v) is 19.4. The standard InChI is InChI=1S/C25H23N9O/c1-16-20(12-27-13-22(16)33-6-4-26-15-33)21-7-17-8-23(29-11-18(17)10-28-21)30-24-9-19-3-5-32(2)25(35)14-34(19)31-24/h4,6-13,15H,3,5,14H2,1-2H3,(H,29,30,31). The lowest BCUT2D eigenvalue weighted by atomic mass is 10.0. The molecule has 1 aliphatic rings. The fourth-order valence-corrected chi connectivity index (χ4v) is 4.33. The first-order valence-electron chi connectivity index (χ1n) is 11.3. The van der Waals surface area contributed by atoms with E-state index in [0.29, 0.717) is 18.2 Å². The van der Waals surface area contributed by atoms with Crippen LogP contribution in [0.15, 0.2) is 61.7 Å². The van der Waals surface area contributed by atoms with Crippen molar-refractivity contribution in [2.45, 2.75) is 19.9 Å². The Hall–Kier alpha value is -4.60. The van der Waals surface area contributed by atoms with Gasteiger partial charge >= 0.3 is 0 Å². The molecule has 0 saturated heterocycles. The molecule has 0 saturated carbocycles. The Labute approximate surface area is 201 Å². The Balaban J connectivity index is 1.31. The molecule has 6 heterocycles. The van der Waals surface area contributed by atoms with Gasteiger partial charge in [-0.05, 0) is 30.0 Å². The molecule has 0 spiro atoms. The lowest BCUT2D eigenvalue weighted by Crippen LogP contribution is -2.29. The van der Waals surface area contributed by atoms with E-state index in [9.17, 15) is 4.79 Å². The molecule has 10 nitrogen and oxygen atoms in total. The minimum absolute atomic E-state index is 0.0594. The first-order valence-corrected chi connectivity index (χ1v) is 11.3. The lowest BCUT2D eigenvalue weighted by molar-refractivity contribution is -0.130. The van der Waals surface area contributed by atoms with Crippen LogP contribution in [0.4, 0.5) is 11.6 Å². The predicted molar refractivity (Wildman–Crippen MR) is 131 cm³/mol. The number of rotatable bonds is 4. The van der Waals surface area contributed by atoms with Gasteiger partial charge in [-0.25, -0.2) is 9.97 Å². The highest BCUT2D eigenvalue weighted by Gasteiger charge is 2.19. The van der Waals surface area contributed by atoms with Crippen molar-refractivity contribution >= 4 is 28.3 Å². The fraction of sp³-hybridized carbons (Fsp3) is 0.200. The van der Waals surface area contributed by atoms with Crippen LogP contribution in [0, 0.1) is 6.92 Å². The number of carbonyl (C=O) groups excluding carboxylic acids is 1. The number of fused-ring (bicyclic) bond motifs is 2. The Morgan fingerprint density at radius 1 is 0.971 bits per heavy atom. The van der Waals surface area contributed by atoms with Crippen LogP contribution >= 0.6 is 0 Å². The minimum Gasteiger partial charge on any atom is -0.344 e. The smallest absolute Gasteiger partial charge is 0.244 e. The van der Waals surface area contributed by atoms with Gasteiger partial charge in [0, 0.05) is 73.7 Å². The number of anilines is 2. The first-order chi connectivity index (χ1) is 17.0. The van der Waals surface area contributed by atoms with Gasteiger partial charge in [-0.2, -0.15) is 5.10 Å². The molecule has 0 fully saturated rings. The Morgan fingerprint density at radius 3 is 2.71 bits per heavy atom. The van der Waals surface area contributed by atoms with Crippen LogP contribution < -0.4 is 5.32 Å². The second-order valence-corrected chi connectivity index (χ2v) is 8.66. The summed E-state index contributed by atoms with van der Waals surface area (Å²) in [6, 6.07) is 6.00. The van der Waals surface area contributed by atoms with Crippen LogP contribution in [-0.4, -0.2) is 58.7 Å². The topological polar surface area (TPSA) is 107 Å². The van der Waals surface area contributed by atoms with Crippen LogP contribution in [0.3, 0.4) is 0 Å². The van der Waals surface area contributed by atoms with Gasteiger partial charge < -0.3 is 14.8 Å². The number of pyridine rings is 3. The van der Waals surface area contributed by atoms with E-state index in [0.717, 1.165) is 45.4 Å². The molecule has 174 valence electrons. The average molecular weight is 466 g/mol. The summed E-state index contributed by atoms with van der Waals surface area (Å²) >= 11 is 0. The van der Waals surface area contributed by atoms with Crippen molar-refractivity contribution in [2.24, 2.45) is 0 Å². The zero-order valence-electron chi connectivity index (χ0n) is 19.4. The summed E-state index contributed by atoms with van der Waals surface area (Å²) in [5.74, 6) is 1.41. The quantitative estimate of drug-likeness (QED) is 0.435. The van der Waals surface area contributed by atoms with Crippen molar-refractivity contribution in [3.05, 3.63) is 73.0 Å². The average Bonchev–Trinajstić information content (AvgIpc) is 3.50. The molecule has 0 bridgehead atoms. The molecule has 0 aliphatic carbocycles. The zero-order chi connectivity index (χ0) is 23.9. The molecule has 5 aromatic heterocycles. The van der Waals surface area contributed by atoms with Gasteiger partial charge in [0.05, 0.1) is 23.9 Å². The van der Waals surface area contributed by atoms with Gasteiger partial charge in [0.1, 0.15) is 12.4 Å². The number of imidazole rings is 1. The number of carbonyl (C=O) groups is 1. The monoisotopic (exact) mass is 465 g/mol. The molecule has 35 heavy (non-hydrogen) atoms. The molecule has 0 atom stereocenters. The molecule has 1 aliphatic heterocycles. The van der Waals surface area contributed by atoms with Crippen molar-refractivity contribution in [3.8, 4) is 16.9 Å². The molecule has 1 N–H and O–H groups in total. The second kappa shape index (κ2) is 8.32. The fourth-order valence-electron chi connectivity index (χ4n) is 4.33. The number of likely N-dealkylation sites (N-methyl/N-ethyl adjacent to an activating group) is 1. The van der Waals surface area contributed by atoms with Crippen LogP contribution in [0.2, 0.25) is 0 Å². The maximum atomic E-state index is 12.2. The summed E-state index contributed by atoms with van der Waals surface area (Å²) in [5.41, 5.74) is 4.84. The van der Waals surface area contributed by atoms with Gasteiger partial charge in [-0.15, -0.1) is 0 Å². The predicted octanol–water partition coefficient (Wildman–Crippen LogP) is 3.14. The first kappa shape index (κ1) is 21.0. The van der Waals surface area contributed by atoms with Gasteiger partial charge in [0.15, 0.2) is 5.82 Å². The number of nitrogens with zero attached hydrogens (tertiary/aromatic N) is 8.